The van der Waals surface area contributed by atoms with Gasteiger partial charge in [0.2, 0.25) is 0 Å². The second kappa shape index (κ2) is 4.11. The first-order valence-electron chi connectivity index (χ1n) is 6.31. The lowest BCUT2D eigenvalue weighted by atomic mass is 9.86. The zero-order chi connectivity index (χ0) is 12.7. The highest BCUT2D eigenvalue weighted by molar-refractivity contribution is 5.37. The van der Waals surface area contributed by atoms with E-state index in [0.717, 1.165) is 6.42 Å². The SMILES string of the molecule is CC(C)(C)ONC1c2ccccc2CC1(C)C. The molecule has 0 spiro atoms. The Morgan fingerprint density at radius 3 is 2.53 bits per heavy atom. The highest BCUT2D eigenvalue weighted by Gasteiger charge is 2.39. The number of fused-ring (bicyclic) bond motifs is 1. The second-order valence-corrected chi connectivity index (χ2v) is 6.63. The predicted molar refractivity (Wildman–Crippen MR) is 70.6 cm³/mol. The molecule has 1 atom stereocenters. The zero-order valence-corrected chi connectivity index (χ0v) is 11.5. The van der Waals surface area contributed by atoms with Gasteiger partial charge in [-0.1, -0.05) is 38.1 Å². The Bertz CT molecular complexity index is 404. The minimum absolute atomic E-state index is 0.159. The molecule has 0 saturated heterocycles. The first-order valence-corrected chi connectivity index (χ1v) is 6.31. The van der Waals surface area contributed by atoms with E-state index in [9.17, 15) is 0 Å². The van der Waals surface area contributed by atoms with Crippen molar-refractivity contribution < 1.29 is 4.84 Å². The van der Waals surface area contributed by atoms with E-state index in [4.69, 9.17) is 4.84 Å². The first-order chi connectivity index (χ1) is 7.80. The van der Waals surface area contributed by atoms with Crippen LogP contribution in [-0.2, 0) is 11.3 Å². The van der Waals surface area contributed by atoms with Crippen LogP contribution in [0.1, 0.15) is 51.8 Å². The fraction of sp³-hybridized carbons (Fsp3) is 0.600. The Hall–Kier alpha value is -0.860. The highest BCUT2D eigenvalue weighted by atomic mass is 16.7. The van der Waals surface area contributed by atoms with Crippen molar-refractivity contribution in [2.75, 3.05) is 0 Å². The predicted octanol–water partition coefficient (Wildman–Crippen LogP) is 3.63. The summed E-state index contributed by atoms with van der Waals surface area (Å²) in [6.45, 7) is 10.8. The van der Waals surface area contributed by atoms with Crippen LogP contribution in [-0.4, -0.2) is 5.60 Å². The first kappa shape index (κ1) is 12.6. The van der Waals surface area contributed by atoms with Crippen LogP contribution in [0.4, 0.5) is 0 Å². The molecule has 0 aliphatic heterocycles. The van der Waals surface area contributed by atoms with Crippen LogP contribution < -0.4 is 5.48 Å². The largest absolute Gasteiger partial charge is 0.295 e. The molecular formula is C15H23NO. The molecule has 1 aromatic rings. The molecule has 0 saturated carbocycles. The van der Waals surface area contributed by atoms with Crippen molar-refractivity contribution in [3.05, 3.63) is 35.4 Å². The van der Waals surface area contributed by atoms with E-state index in [0.29, 0.717) is 0 Å². The Balaban J connectivity index is 2.20. The van der Waals surface area contributed by atoms with Gasteiger partial charge >= 0.3 is 0 Å². The third-order valence-corrected chi connectivity index (χ3v) is 3.28. The van der Waals surface area contributed by atoms with Crippen molar-refractivity contribution in [1.29, 1.82) is 0 Å². The lowest BCUT2D eigenvalue weighted by Crippen LogP contribution is -2.37. The zero-order valence-electron chi connectivity index (χ0n) is 11.5. The lowest BCUT2D eigenvalue weighted by molar-refractivity contribution is -0.103. The average molecular weight is 233 g/mol. The number of nitrogens with one attached hydrogen (secondary N) is 1. The summed E-state index contributed by atoms with van der Waals surface area (Å²) in [4.78, 5) is 5.76. The lowest BCUT2D eigenvalue weighted by Gasteiger charge is -2.31. The summed E-state index contributed by atoms with van der Waals surface area (Å²) in [6.07, 6.45) is 1.11. The molecule has 2 rings (SSSR count). The molecule has 2 heteroatoms. The molecule has 0 fully saturated rings. The molecule has 2 nitrogen and oxygen atoms in total. The van der Waals surface area contributed by atoms with Gasteiger partial charge in [-0.2, -0.15) is 5.48 Å². The third kappa shape index (κ3) is 2.70. The number of benzene rings is 1. The van der Waals surface area contributed by atoms with E-state index >= 15 is 0 Å². The van der Waals surface area contributed by atoms with Crippen LogP contribution >= 0.6 is 0 Å². The summed E-state index contributed by atoms with van der Waals surface area (Å²) in [7, 11) is 0. The summed E-state index contributed by atoms with van der Waals surface area (Å²) in [5, 5.41) is 0. The summed E-state index contributed by atoms with van der Waals surface area (Å²) in [5.41, 5.74) is 6.13. The number of hydrogen-bond acceptors (Lipinski definition) is 2. The maximum absolute atomic E-state index is 5.76. The highest BCUT2D eigenvalue weighted by Crippen LogP contribution is 2.45. The molecular weight excluding hydrogens is 210 g/mol. The number of rotatable bonds is 2. The quantitative estimate of drug-likeness (QED) is 0.788. The normalized spacial score (nSPS) is 22.5. The Kier molecular flexibility index (Phi) is 3.04. The fourth-order valence-corrected chi connectivity index (χ4v) is 2.45. The van der Waals surface area contributed by atoms with Gasteiger partial charge in [0.1, 0.15) is 0 Å². The van der Waals surface area contributed by atoms with E-state index in [1.54, 1.807) is 0 Å². The van der Waals surface area contributed by atoms with Crippen LogP contribution in [0.15, 0.2) is 24.3 Å². The van der Waals surface area contributed by atoms with Crippen molar-refractivity contribution in [3.63, 3.8) is 0 Å². The van der Waals surface area contributed by atoms with Crippen molar-refractivity contribution in [2.24, 2.45) is 5.41 Å². The van der Waals surface area contributed by atoms with Gasteiger partial charge < -0.3 is 0 Å². The van der Waals surface area contributed by atoms with Gasteiger partial charge in [0.25, 0.3) is 0 Å². The number of hydrogen-bond donors (Lipinski definition) is 1. The van der Waals surface area contributed by atoms with E-state index in [2.05, 4.69) is 64.4 Å². The second-order valence-electron chi connectivity index (χ2n) is 6.63. The monoisotopic (exact) mass is 233 g/mol. The molecule has 1 aliphatic rings. The van der Waals surface area contributed by atoms with Gasteiger partial charge in [-0.15, -0.1) is 0 Å². The Labute approximate surface area is 104 Å². The van der Waals surface area contributed by atoms with Gasteiger partial charge in [0, 0.05) is 0 Å². The van der Waals surface area contributed by atoms with Crippen LogP contribution in [0.25, 0.3) is 0 Å². The minimum atomic E-state index is -0.159. The van der Waals surface area contributed by atoms with E-state index in [1.165, 1.54) is 11.1 Å². The molecule has 1 N–H and O–H groups in total. The van der Waals surface area contributed by atoms with Crippen LogP contribution in [0.3, 0.4) is 0 Å². The molecule has 17 heavy (non-hydrogen) atoms. The third-order valence-electron chi connectivity index (χ3n) is 3.28. The summed E-state index contributed by atoms with van der Waals surface area (Å²) in [6, 6.07) is 8.91. The molecule has 0 aromatic heterocycles. The molecule has 0 heterocycles. The van der Waals surface area contributed by atoms with E-state index in [-0.39, 0.29) is 17.1 Å². The number of hydroxylamine groups is 1. The van der Waals surface area contributed by atoms with E-state index < -0.39 is 0 Å². The topological polar surface area (TPSA) is 21.3 Å². The summed E-state index contributed by atoms with van der Waals surface area (Å²) >= 11 is 0. The Morgan fingerprint density at radius 1 is 1.24 bits per heavy atom. The van der Waals surface area contributed by atoms with Crippen LogP contribution in [0.5, 0.6) is 0 Å². The smallest absolute Gasteiger partial charge is 0.0813 e. The molecule has 1 unspecified atom stereocenters. The minimum Gasteiger partial charge on any atom is -0.295 e. The van der Waals surface area contributed by atoms with Gasteiger partial charge in [0.15, 0.2) is 0 Å². The average Bonchev–Trinajstić information content (AvgIpc) is 2.43. The Morgan fingerprint density at radius 2 is 1.88 bits per heavy atom. The van der Waals surface area contributed by atoms with Crippen molar-refractivity contribution in [1.82, 2.24) is 5.48 Å². The fourth-order valence-electron chi connectivity index (χ4n) is 2.45. The molecule has 0 bridgehead atoms. The van der Waals surface area contributed by atoms with Crippen molar-refractivity contribution in [2.45, 2.75) is 52.7 Å². The van der Waals surface area contributed by atoms with Gasteiger partial charge in [0.05, 0.1) is 11.6 Å². The van der Waals surface area contributed by atoms with Crippen molar-refractivity contribution in [3.8, 4) is 0 Å². The molecule has 0 amide bonds. The molecule has 1 aliphatic carbocycles. The maximum atomic E-state index is 5.76. The van der Waals surface area contributed by atoms with Gasteiger partial charge in [-0.05, 0) is 43.7 Å². The summed E-state index contributed by atoms with van der Waals surface area (Å²) < 4.78 is 0. The van der Waals surface area contributed by atoms with Crippen LogP contribution in [0, 0.1) is 5.41 Å². The molecule has 0 radical (unpaired) electrons. The van der Waals surface area contributed by atoms with E-state index in [1.807, 2.05) is 0 Å². The van der Waals surface area contributed by atoms with Gasteiger partial charge in [-0.25, -0.2) is 0 Å². The maximum Gasteiger partial charge on any atom is 0.0813 e. The van der Waals surface area contributed by atoms with Gasteiger partial charge in [-0.3, -0.25) is 4.84 Å². The molecule has 94 valence electrons. The standard InChI is InChI=1S/C15H23NO/c1-14(2,3)17-16-13-12-9-7-6-8-11(12)10-15(13,4)5/h6-9,13,16H,10H2,1-5H3. The van der Waals surface area contributed by atoms with Crippen molar-refractivity contribution >= 4 is 0 Å². The summed E-state index contributed by atoms with van der Waals surface area (Å²) in [5.74, 6) is 0. The molecule has 1 aromatic carbocycles. The van der Waals surface area contributed by atoms with Crippen LogP contribution in [0.2, 0.25) is 0 Å².